The van der Waals surface area contributed by atoms with Crippen LogP contribution < -0.4 is 5.69 Å². The van der Waals surface area contributed by atoms with Crippen LogP contribution in [0.15, 0.2) is 57.9 Å². The first-order chi connectivity index (χ1) is 15.6. The van der Waals surface area contributed by atoms with E-state index in [1.54, 1.807) is 42.5 Å². The summed E-state index contributed by atoms with van der Waals surface area (Å²) in [6, 6.07) is 11.2. The van der Waals surface area contributed by atoms with Gasteiger partial charge in [-0.25, -0.2) is 14.5 Å². The Morgan fingerprint density at radius 3 is 2.45 bits per heavy atom. The molecule has 0 amide bonds. The van der Waals surface area contributed by atoms with Crippen LogP contribution in [-0.4, -0.2) is 25.5 Å². The lowest BCUT2D eigenvalue weighted by molar-refractivity contribution is -0.136. The zero-order chi connectivity index (χ0) is 23.8. The van der Waals surface area contributed by atoms with Crippen molar-refractivity contribution < 1.29 is 17.6 Å². The second-order valence-electron chi connectivity index (χ2n) is 7.02. The molecule has 0 fully saturated rings. The summed E-state index contributed by atoms with van der Waals surface area (Å²) in [5.41, 5.74) is 0.185. The molecule has 33 heavy (non-hydrogen) atoms. The van der Waals surface area contributed by atoms with E-state index >= 15 is 0 Å². The van der Waals surface area contributed by atoms with Gasteiger partial charge in [0.25, 0.3) is 0 Å². The van der Waals surface area contributed by atoms with E-state index < -0.39 is 24.8 Å². The van der Waals surface area contributed by atoms with Crippen molar-refractivity contribution >= 4 is 34.8 Å². The summed E-state index contributed by atoms with van der Waals surface area (Å²) in [4.78, 5) is 17.1. The van der Waals surface area contributed by atoms with Crippen molar-refractivity contribution in [3.05, 3.63) is 80.0 Å². The molecular formula is C21H14Cl3F3N4O2. The highest BCUT2D eigenvalue weighted by Gasteiger charge is 2.28. The van der Waals surface area contributed by atoms with Crippen molar-refractivity contribution in [1.29, 1.82) is 0 Å². The van der Waals surface area contributed by atoms with Gasteiger partial charge < -0.3 is 4.42 Å². The highest BCUT2D eigenvalue weighted by molar-refractivity contribution is 6.43. The van der Waals surface area contributed by atoms with Crippen molar-refractivity contribution in [1.82, 2.24) is 19.3 Å². The maximum Gasteiger partial charge on any atom is 0.390 e. The lowest BCUT2D eigenvalue weighted by Crippen LogP contribution is -2.27. The molecule has 0 aliphatic rings. The topological polar surface area (TPSA) is 65.8 Å². The molecule has 2 aromatic carbocycles. The number of nitrogens with zero attached hydrogens (tertiary/aromatic N) is 4. The Morgan fingerprint density at radius 1 is 1.03 bits per heavy atom. The summed E-state index contributed by atoms with van der Waals surface area (Å²) in [7, 11) is 0. The van der Waals surface area contributed by atoms with Crippen LogP contribution in [0.5, 0.6) is 0 Å². The van der Waals surface area contributed by atoms with Crippen molar-refractivity contribution in [2.24, 2.45) is 0 Å². The Bertz CT molecular complexity index is 1340. The number of hydrogen-bond acceptors (Lipinski definition) is 4. The molecular weight excluding hydrogens is 504 g/mol. The quantitative estimate of drug-likeness (QED) is 0.300. The highest BCUT2D eigenvalue weighted by Crippen LogP contribution is 2.33. The molecule has 2 heterocycles. The minimum atomic E-state index is -4.44. The maximum atomic E-state index is 12.9. The second kappa shape index (κ2) is 9.24. The van der Waals surface area contributed by atoms with E-state index in [-0.39, 0.29) is 29.0 Å². The molecule has 0 aliphatic carbocycles. The predicted octanol–water partition coefficient (Wildman–Crippen LogP) is 6.33. The van der Waals surface area contributed by atoms with Crippen LogP contribution >= 0.6 is 34.8 Å². The average molecular weight is 518 g/mol. The van der Waals surface area contributed by atoms with Crippen LogP contribution in [-0.2, 0) is 13.1 Å². The molecule has 2 aromatic heterocycles. The third-order valence-electron chi connectivity index (χ3n) is 4.69. The first kappa shape index (κ1) is 23.4. The zero-order valence-corrected chi connectivity index (χ0v) is 18.9. The van der Waals surface area contributed by atoms with Crippen LogP contribution in [0.2, 0.25) is 15.1 Å². The molecule has 0 unspecified atom stereocenters. The second-order valence-corrected chi connectivity index (χ2v) is 8.24. The Hall–Kier alpha value is -2.75. The van der Waals surface area contributed by atoms with E-state index in [1.807, 2.05) is 0 Å². The molecule has 12 heteroatoms. The van der Waals surface area contributed by atoms with E-state index in [0.29, 0.717) is 21.2 Å². The highest BCUT2D eigenvalue weighted by atomic mass is 35.5. The van der Waals surface area contributed by atoms with Crippen LogP contribution in [0.1, 0.15) is 12.2 Å². The van der Waals surface area contributed by atoms with Gasteiger partial charge in [0.15, 0.2) is 5.82 Å². The largest absolute Gasteiger partial charge is 0.439 e. The summed E-state index contributed by atoms with van der Waals surface area (Å²) in [5, 5.41) is 5.26. The minimum absolute atomic E-state index is 0.0820. The van der Waals surface area contributed by atoms with Gasteiger partial charge in [0.1, 0.15) is 12.3 Å². The SMILES string of the molecule is O=c1n(Cc2cnc(-c3cccc(Cl)c3Cl)o2)nc(-c2ccc(Cl)cc2)n1CCC(F)(F)F. The van der Waals surface area contributed by atoms with Gasteiger partial charge >= 0.3 is 11.9 Å². The summed E-state index contributed by atoms with van der Waals surface area (Å²) in [6.07, 6.45) is -4.23. The Balaban J connectivity index is 1.68. The fourth-order valence-corrected chi connectivity index (χ4v) is 3.63. The van der Waals surface area contributed by atoms with E-state index in [2.05, 4.69) is 10.1 Å². The summed E-state index contributed by atoms with van der Waals surface area (Å²) >= 11 is 18.1. The Labute approximate surface area is 200 Å². The fraction of sp³-hybridized carbons (Fsp3) is 0.190. The molecule has 0 radical (unpaired) electrons. The third kappa shape index (κ3) is 5.26. The number of aromatic nitrogens is 4. The molecule has 0 atom stereocenters. The van der Waals surface area contributed by atoms with Crippen LogP contribution in [0.25, 0.3) is 22.8 Å². The van der Waals surface area contributed by atoms with Crippen molar-refractivity contribution in [3.63, 3.8) is 0 Å². The molecule has 4 rings (SSSR count). The molecule has 0 saturated heterocycles. The van der Waals surface area contributed by atoms with Crippen molar-refractivity contribution in [2.75, 3.05) is 0 Å². The molecule has 0 spiro atoms. The molecule has 6 nitrogen and oxygen atoms in total. The van der Waals surface area contributed by atoms with E-state index in [4.69, 9.17) is 39.2 Å². The normalized spacial score (nSPS) is 11.8. The van der Waals surface area contributed by atoms with Crippen LogP contribution in [0, 0.1) is 0 Å². The van der Waals surface area contributed by atoms with Gasteiger partial charge in [-0.1, -0.05) is 40.9 Å². The summed E-state index contributed by atoms with van der Waals surface area (Å²) < 4.78 is 46.2. The molecule has 0 bridgehead atoms. The van der Waals surface area contributed by atoms with Gasteiger partial charge in [-0.3, -0.25) is 4.57 Å². The van der Waals surface area contributed by atoms with Crippen molar-refractivity contribution in [3.8, 4) is 22.8 Å². The Morgan fingerprint density at radius 2 is 1.76 bits per heavy atom. The maximum absolute atomic E-state index is 12.9. The smallest absolute Gasteiger partial charge is 0.390 e. The number of hydrogen-bond donors (Lipinski definition) is 0. The lowest BCUT2D eigenvalue weighted by Gasteiger charge is -2.08. The van der Waals surface area contributed by atoms with Gasteiger partial charge in [0.2, 0.25) is 5.89 Å². The molecule has 172 valence electrons. The van der Waals surface area contributed by atoms with E-state index in [9.17, 15) is 18.0 Å². The van der Waals surface area contributed by atoms with Gasteiger partial charge in [0, 0.05) is 17.1 Å². The minimum Gasteiger partial charge on any atom is -0.439 e. The zero-order valence-electron chi connectivity index (χ0n) is 16.6. The number of benzene rings is 2. The summed E-state index contributed by atoms with van der Waals surface area (Å²) in [5.74, 6) is 0.518. The fourth-order valence-electron chi connectivity index (χ4n) is 3.12. The molecule has 0 N–H and O–H groups in total. The number of rotatable bonds is 6. The molecule has 0 aliphatic heterocycles. The van der Waals surface area contributed by atoms with Gasteiger partial charge in [0.05, 0.1) is 28.2 Å². The molecule has 0 saturated carbocycles. The first-order valence-electron chi connectivity index (χ1n) is 9.52. The van der Waals surface area contributed by atoms with E-state index in [0.717, 1.165) is 9.25 Å². The standard InChI is InChI=1S/C21H14Cl3F3N4O2/c22-13-6-4-12(5-7-13)18-29-31(20(32)30(18)9-8-21(25,26)27)11-14-10-28-19(33-14)15-2-1-3-16(23)17(15)24/h1-7,10H,8-9,11H2. The first-order valence-corrected chi connectivity index (χ1v) is 10.7. The summed E-state index contributed by atoms with van der Waals surface area (Å²) in [6.45, 7) is -0.732. The number of oxazole rings is 1. The van der Waals surface area contributed by atoms with Crippen molar-refractivity contribution in [2.45, 2.75) is 25.7 Å². The predicted molar refractivity (Wildman–Crippen MR) is 119 cm³/mol. The van der Waals surface area contributed by atoms with Gasteiger partial charge in [-0.15, -0.1) is 5.10 Å². The monoisotopic (exact) mass is 516 g/mol. The molecule has 4 aromatic rings. The van der Waals surface area contributed by atoms with Gasteiger partial charge in [-0.2, -0.15) is 13.2 Å². The average Bonchev–Trinajstić information content (AvgIpc) is 3.34. The van der Waals surface area contributed by atoms with Crippen LogP contribution in [0.4, 0.5) is 13.2 Å². The Kier molecular flexibility index (Phi) is 6.56. The van der Waals surface area contributed by atoms with Crippen LogP contribution in [0.3, 0.4) is 0 Å². The number of halogens is 6. The third-order valence-corrected chi connectivity index (χ3v) is 5.76. The van der Waals surface area contributed by atoms with E-state index in [1.165, 1.54) is 6.20 Å². The van der Waals surface area contributed by atoms with Gasteiger partial charge in [-0.05, 0) is 36.4 Å². The number of alkyl halides is 3. The lowest BCUT2D eigenvalue weighted by atomic mass is 10.2.